The smallest absolute Gasteiger partial charge is 0.313 e. The number of hydrogen-bond acceptors (Lipinski definition) is 4. The number of carbonyl (C=O) groups excluding carboxylic acids is 1. The summed E-state index contributed by atoms with van der Waals surface area (Å²) in [4.78, 5) is 12.7. The Morgan fingerprint density at radius 3 is 2.65 bits per heavy atom. The highest BCUT2D eigenvalue weighted by molar-refractivity contribution is 7.88. The minimum Gasteiger partial charge on any atom is -0.466 e. The van der Waals surface area contributed by atoms with Crippen molar-refractivity contribution in [2.45, 2.75) is 33.1 Å². The quantitative estimate of drug-likeness (QED) is 0.771. The molecule has 1 heterocycles. The van der Waals surface area contributed by atoms with Crippen LogP contribution in [-0.4, -0.2) is 44.6 Å². The molecular weight excluding hydrogens is 314 g/mol. The summed E-state index contributed by atoms with van der Waals surface area (Å²) in [7, 11) is -3.32. The van der Waals surface area contributed by atoms with Crippen molar-refractivity contribution in [1.82, 2.24) is 4.31 Å². The minimum atomic E-state index is -3.32. The maximum absolute atomic E-state index is 12.7. The van der Waals surface area contributed by atoms with Gasteiger partial charge in [0.1, 0.15) is 0 Å². The zero-order valence-corrected chi connectivity index (χ0v) is 14.9. The van der Waals surface area contributed by atoms with E-state index in [0.717, 1.165) is 11.1 Å². The van der Waals surface area contributed by atoms with Gasteiger partial charge in [-0.2, -0.15) is 0 Å². The van der Waals surface area contributed by atoms with Crippen molar-refractivity contribution in [3.63, 3.8) is 0 Å². The summed E-state index contributed by atoms with van der Waals surface area (Å²) >= 11 is 0. The first kappa shape index (κ1) is 17.9. The summed E-state index contributed by atoms with van der Waals surface area (Å²) in [6.45, 7) is 4.74. The highest BCUT2D eigenvalue weighted by atomic mass is 32.2. The molecule has 0 amide bonds. The molecule has 128 valence electrons. The molecular formula is C17H25NO4S. The van der Waals surface area contributed by atoms with Crippen molar-refractivity contribution in [1.29, 1.82) is 0 Å². The van der Waals surface area contributed by atoms with Crippen molar-refractivity contribution in [2.75, 3.05) is 26.0 Å². The van der Waals surface area contributed by atoms with Crippen molar-refractivity contribution in [3.05, 3.63) is 35.4 Å². The van der Waals surface area contributed by atoms with Crippen LogP contribution < -0.4 is 0 Å². The predicted molar refractivity (Wildman–Crippen MR) is 89.6 cm³/mol. The molecule has 1 aliphatic heterocycles. The van der Waals surface area contributed by atoms with E-state index in [2.05, 4.69) is 0 Å². The van der Waals surface area contributed by atoms with Gasteiger partial charge in [-0.1, -0.05) is 24.3 Å². The van der Waals surface area contributed by atoms with E-state index in [1.54, 1.807) is 6.92 Å². The Morgan fingerprint density at radius 2 is 2.04 bits per heavy atom. The first-order chi connectivity index (χ1) is 10.8. The van der Waals surface area contributed by atoms with Gasteiger partial charge < -0.3 is 4.74 Å². The van der Waals surface area contributed by atoms with E-state index in [9.17, 15) is 13.2 Å². The summed E-state index contributed by atoms with van der Waals surface area (Å²) < 4.78 is 30.6. The fourth-order valence-electron chi connectivity index (χ4n) is 3.21. The second-order valence-corrected chi connectivity index (χ2v) is 8.29. The largest absolute Gasteiger partial charge is 0.466 e. The Labute approximate surface area is 138 Å². The summed E-state index contributed by atoms with van der Waals surface area (Å²) in [5, 5.41) is 0. The minimum absolute atomic E-state index is 0.193. The SMILES string of the molecule is CCOC(=O)[C@@]1(Cc2ccccc2C)CCCN(S(C)(=O)=O)C1. The van der Waals surface area contributed by atoms with Crippen LogP contribution in [0.3, 0.4) is 0 Å². The number of hydrogen-bond donors (Lipinski definition) is 0. The number of piperidine rings is 1. The second kappa shape index (κ2) is 7.01. The molecule has 1 atom stereocenters. The van der Waals surface area contributed by atoms with Crippen LogP contribution in [0.4, 0.5) is 0 Å². The van der Waals surface area contributed by atoms with Crippen LogP contribution in [0.15, 0.2) is 24.3 Å². The van der Waals surface area contributed by atoms with Gasteiger partial charge >= 0.3 is 5.97 Å². The van der Waals surface area contributed by atoms with Crippen molar-refractivity contribution < 1.29 is 17.9 Å². The van der Waals surface area contributed by atoms with Crippen LogP contribution in [0.2, 0.25) is 0 Å². The lowest BCUT2D eigenvalue weighted by molar-refractivity contribution is -0.157. The van der Waals surface area contributed by atoms with Crippen LogP contribution in [0.5, 0.6) is 0 Å². The number of carbonyl (C=O) groups is 1. The van der Waals surface area contributed by atoms with Crippen molar-refractivity contribution >= 4 is 16.0 Å². The topological polar surface area (TPSA) is 63.7 Å². The molecule has 0 bridgehead atoms. The molecule has 0 saturated carbocycles. The standard InChI is InChI=1S/C17H25NO4S/c1-4-22-16(19)17(12-15-9-6-5-8-14(15)2)10-7-11-18(13-17)23(3,20)21/h5-6,8-9H,4,7,10-13H2,1-3H3/t17-/m1/s1. The Hall–Kier alpha value is -1.40. The lowest BCUT2D eigenvalue weighted by Crippen LogP contribution is -2.51. The summed E-state index contributed by atoms with van der Waals surface area (Å²) in [5.74, 6) is -0.295. The zero-order valence-electron chi connectivity index (χ0n) is 14.0. The Morgan fingerprint density at radius 1 is 1.35 bits per heavy atom. The number of ether oxygens (including phenoxy) is 1. The first-order valence-corrected chi connectivity index (χ1v) is 9.80. The molecule has 1 aliphatic rings. The van der Waals surface area contributed by atoms with E-state index in [4.69, 9.17) is 4.74 Å². The molecule has 6 heteroatoms. The third-order valence-corrected chi connectivity index (χ3v) is 5.76. The number of rotatable bonds is 5. The summed E-state index contributed by atoms with van der Waals surface area (Å²) in [6, 6.07) is 7.90. The molecule has 2 rings (SSSR count). The Balaban J connectivity index is 2.37. The van der Waals surface area contributed by atoms with E-state index in [1.165, 1.54) is 10.6 Å². The van der Waals surface area contributed by atoms with E-state index < -0.39 is 15.4 Å². The van der Waals surface area contributed by atoms with Gasteiger partial charge in [0.2, 0.25) is 10.0 Å². The van der Waals surface area contributed by atoms with Gasteiger partial charge in [-0.05, 0) is 44.2 Å². The molecule has 0 radical (unpaired) electrons. The van der Waals surface area contributed by atoms with E-state index >= 15 is 0 Å². The lowest BCUT2D eigenvalue weighted by Gasteiger charge is -2.40. The number of aryl methyl sites for hydroxylation is 1. The van der Waals surface area contributed by atoms with Gasteiger partial charge in [-0.3, -0.25) is 4.79 Å². The predicted octanol–water partition coefficient (Wildman–Crippen LogP) is 2.14. The van der Waals surface area contributed by atoms with Crippen LogP contribution in [0.25, 0.3) is 0 Å². The lowest BCUT2D eigenvalue weighted by atomic mass is 9.75. The molecule has 1 aromatic rings. The Kier molecular flexibility index (Phi) is 5.47. The van der Waals surface area contributed by atoms with Crippen LogP contribution in [-0.2, 0) is 26.0 Å². The number of benzene rings is 1. The fourth-order valence-corrected chi connectivity index (χ4v) is 4.16. The zero-order chi connectivity index (χ0) is 17.1. The number of nitrogens with zero attached hydrogens (tertiary/aromatic N) is 1. The highest BCUT2D eigenvalue weighted by Crippen LogP contribution is 2.36. The normalized spacial score (nSPS) is 22.7. The third-order valence-electron chi connectivity index (χ3n) is 4.51. The van der Waals surface area contributed by atoms with Crippen LogP contribution in [0.1, 0.15) is 30.9 Å². The van der Waals surface area contributed by atoms with Crippen molar-refractivity contribution in [2.24, 2.45) is 5.41 Å². The molecule has 23 heavy (non-hydrogen) atoms. The van der Waals surface area contributed by atoms with E-state index in [1.807, 2.05) is 31.2 Å². The molecule has 0 aromatic heterocycles. The molecule has 1 fully saturated rings. The maximum atomic E-state index is 12.7. The third kappa shape index (κ3) is 4.12. The maximum Gasteiger partial charge on any atom is 0.313 e. The molecule has 1 saturated heterocycles. The molecule has 5 nitrogen and oxygen atoms in total. The Bertz CT molecular complexity index is 671. The number of sulfonamides is 1. The van der Waals surface area contributed by atoms with Crippen LogP contribution >= 0.6 is 0 Å². The van der Waals surface area contributed by atoms with Gasteiger partial charge in [-0.15, -0.1) is 0 Å². The first-order valence-electron chi connectivity index (χ1n) is 7.95. The molecule has 0 unspecified atom stereocenters. The molecule has 0 N–H and O–H groups in total. The van der Waals surface area contributed by atoms with Crippen LogP contribution in [0, 0.1) is 12.3 Å². The molecule has 0 aliphatic carbocycles. The van der Waals surface area contributed by atoms with E-state index in [0.29, 0.717) is 32.4 Å². The monoisotopic (exact) mass is 339 g/mol. The summed E-state index contributed by atoms with van der Waals surface area (Å²) in [5.41, 5.74) is 1.37. The second-order valence-electron chi connectivity index (χ2n) is 6.30. The average molecular weight is 339 g/mol. The van der Waals surface area contributed by atoms with Gasteiger partial charge in [0.05, 0.1) is 18.3 Å². The van der Waals surface area contributed by atoms with Gasteiger partial charge in [0.15, 0.2) is 0 Å². The molecule has 1 aromatic carbocycles. The highest BCUT2D eigenvalue weighted by Gasteiger charge is 2.45. The van der Waals surface area contributed by atoms with E-state index in [-0.39, 0.29) is 12.5 Å². The van der Waals surface area contributed by atoms with Gasteiger partial charge in [0, 0.05) is 13.1 Å². The summed E-state index contributed by atoms with van der Waals surface area (Å²) in [6.07, 6.45) is 3.01. The molecule has 0 spiro atoms. The number of esters is 1. The fraction of sp³-hybridized carbons (Fsp3) is 0.588. The van der Waals surface area contributed by atoms with Gasteiger partial charge in [-0.25, -0.2) is 12.7 Å². The average Bonchev–Trinajstić information content (AvgIpc) is 2.49. The van der Waals surface area contributed by atoms with Gasteiger partial charge in [0.25, 0.3) is 0 Å². The van der Waals surface area contributed by atoms with Crippen molar-refractivity contribution in [3.8, 4) is 0 Å².